The molecule has 1 heterocycles. The second-order valence-electron chi connectivity index (χ2n) is 4.75. The largest absolute Gasteiger partial charge is 0.376 e. The van der Waals surface area contributed by atoms with Gasteiger partial charge in [0.15, 0.2) is 0 Å². The fourth-order valence-corrected chi connectivity index (χ4v) is 1.13. The van der Waals surface area contributed by atoms with Gasteiger partial charge in [-0.2, -0.15) is 0 Å². The van der Waals surface area contributed by atoms with Crippen molar-refractivity contribution in [3.05, 3.63) is 0 Å². The number of rotatable bonds is 2. The lowest BCUT2D eigenvalue weighted by atomic mass is 10.1. The molecule has 1 aliphatic rings. The molecule has 0 radical (unpaired) electrons. The molecule has 0 aliphatic carbocycles. The van der Waals surface area contributed by atoms with Crippen LogP contribution in [0.1, 0.15) is 27.7 Å². The molecule has 3 nitrogen and oxygen atoms in total. The smallest absolute Gasteiger partial charge is 0.112 e. The van der Waals surface area contributed by atoms with Gasteiger partial charge in [-0.15, -0.1) is 0 Å². The molecule has 0 amide bonds. The van der Waals surface area contributed by atoms with Gasteiger partial charge in [0.25, 0.3) is 0 Å². The zero-order chi connectivity index (χ0) is 9.95. The third-order valence-electron chi connectivity index (χ3n) is 1.90. The standard InChI is InChI=1S/C10H20O3/c1-9(2,3)13-8-10(4)7-11-5-6-12-10/h5-8H2,1-4H3. The van der Waals surface area contributed by atoms with Gasteiger partial charge in [-0.05, 0) is 27.7 Å². The summed E-state index contributed by atoms with van der Waals surface area (Å²) in [7, 11) is 0. The lowest BCUT2D eigenvalue weighted by Gasteiger charge is -2.35. The van der Waals surface area contributed by atoms with Crippen LogP contribution in [0.4, 0.5) is 0 Å². The van der Waals surface area contributed by atoms with Gasteiger partial charge in [-0.1, -0.05) is 0 Å². The minimum Gasteiger partial charge on any atom is -0.376 e. The molecule has 1 saturated heterocycles. The Morgan fingerprint density at radius 3 is 2.46 bits per heavy atom. The summed E-state index contributed by atoms with van der Waals surface area (Å²) in [5.41, 5.74) is -0.366. The van der Waals surface area contributed by atoms with E-state index in [-0.39, 0.29) is 11.2 Å². The summed E-state index contributed by atoms with van der Waals surface area (Å²) >= 11 is 0. The van der Waals surface area contributed by atoms with Gasteiger partial charge in [0.05, 0.1) is 32.0 Å². The van der Waals surface area contributed by atoms with Gasteiger partial charge >= 0.3 is 0 Å². The Morgan fingerprint density at radius 2 is 2.00 bits per heavy atom. The lowest BCUT2D eigenvalue weighted by molar-refractivity contribution is -0.189. The molecular weight excluding hydrogens is 168 g/mol. The number of hydrogen-bond donors (Lipinski definition) is 0. The van der Waals surface area contributed by atoms with Crippen molar-refractivity contribution in [2.24, 2.45) is 0 Å². The van der Waals surface area contributed by atoms with E-state index in [9.17, 15) is 0 Å². The van der Waals surface area contributed by atoms with Gasteiger partial charge < -0.3 is 14.2 Å². The van der Waals surface area contributed by atoms with E-state index in [1.54, 1.807) is 0 Å². The van der Waals surface area contributed by atoms with Crippen molar-refractivity contribution in [3.8, 4) is 0 Å². The molecule has 1 fully saturated rings. The molecule has 1 atom stereocenters. The first-order valence-electron chi connectivity index (χ1n) is 4.77. The zero-order valence-corrected chi connectivity index (χ0v) is 9.05. The van der Waals surface area contributed by atoms with Crippen LogP contribution in [0.15, 0.2) is 0 Å². The molecule has 0 aromatic heterocycles. The van der Waals surface area contributed by atoms with Crippen molar-refractivity contribution in [1.82, 2.24) is 0 Å². The SMILES string of the molecule is CC(C)(C)OCC1(C)COCCO1. The van der Waals surface area contributed by atoms with Gasteiger partial charge in [0, 0.05) is 0 Å². The molecule has 0 saturated carbocycles. The van der Waals surface area contributed by atoms with Crippen LogP contribution in [0, 0.1) is 0 Å². The Morgan fingerprint density at radius 1 is 1.31 bits per heavy atom. The predicted molar refractivity (Wildman–Crippen MR) is 50.9 cm³/mol. The first kappa shape index (κ1) is 11.0. The number of ether oxygens (including phenoxy) is 3. The van der Waals surface area contributed by atoms with E-state index >= 15 is 0 Å². The second-order valence-corrected chi connectivity index (χ2v) is 4.75. The highest BCUT2D eigenvalue weighted by atomic mass is 16.6. The third kappa shape index (κ3) is 4.07. The third-order valence-corrected chi connectivity index (χ3v) is 1.90. The topological polar surface area (TPSA) is 27.7 Å². The molecule has 1 aliphatic heterocycles. The molecule has 1 rings (SSSR count). The van der Waals surface area contributed by atoms with Crippen molar-refractivity contribution in [2.45, 2.75) is 38.9 Å². The molecule has 0 N–H and O–H groups in total. The maximum atomic E-state index is 5.67. The minimum atomic E-state index is -0.258. The molecule has 3 heteroatoms. The fourth-order valence-electron chi connectivity index (χ4n) is 1.13. The molecule has 0 spiro atoms. The van der Waals surface area contributed by atoms with Crippen LogP contribution in [-0.2, 0) is 14.2 Å². The van der Waals surface area contributed by atoms with E-state index in [1.807, 2.05) is 27.7 Å². The predicted octanol–water partition coefficient (Wildman–Crippen LogP) is 1.61. The van der Waals surface area contributed by atoms with Crippen molar-refractivity contribution in [2.75, 3.05) is 26.4 Å². The summed E-state index contributed by atoms with van der Waals surface area (Å²) in [6, 6.07) is 0. The van der Waals surface area contributed by atoms with Crippen LogP contribution >= 0.6 is 0 Å². The normalized spacial score (nSPS) is 30.5. The first-order valence-corrected chi connectivity index (χ1v) is 4.77. The zero-order valence-electron chi connectivity index (χ0n) is 9.05. The average Bonchev–Trinajstić information content (AvgIpc) is 2.02. The first-order chi connectivity index (χ1) is 5.91. The second kappa shape index (κ2) is 3.95. The Hall–Kier alpha value is -0.120. The Bertz CT molecular complexity index is 154. The van der Waals surface area contributed by atoms with Crippen LogP contribution in [0.5, 0.6) is 0 Å². The molecule has 0 aromatic carbocycles. The summed E-state index contributed by atoms with van der Waals surface area (Å²) < 4.78 is 16.6. The van der Waals surface area contributed by atoms with E-state index in [0.717, 1.165) is 0 Å². The highest BCUT2D eigenvalue weighted by molar-refractivity contribution is 4.78. The average molecular weight is 188 g/mol. The summed E-state index contributed by atoms with van der Waals surface area (Å²) in [6.45, 7) is 10.7. The van der Waals surface area contributed by atoms with Crippen LogP contribution < -0.4 is 0 Å². The lowest BCUT2D eigenvalue weighted by Crippen LogP contribution is -2.46. The molecule has 0 aromatic rings. The summed E-state index contributed by atoms with van der Waals surface area (Å²) in [5.74, 6) is 0. The fraction of sp³-hybridized carbons (Fsp3) is 1.00. The van der Waals surface area contributed by atoms with Crippen molar-refractivity contribution in [1.29, 1.82) is 0 Å². The number of hydrogen-bond acceptors (Lipinski definition) is 3. The van der Waals surface area contributed by atoms with Gasteiger partial charge in [0.2, 0.25) is 0 Å². The van der Waals surface area contributed by atoms with Crippen molar-refractivity contribution in [3.63, 3.8) is 0 Å². The van der Waals surface area contributed by atoms with Crippen molar-refractivity contribution >= 4 is 0 Å². The maximum Gasteiger partial charge on any atom is 0.112 e. The van der Waals surface area contributed by atoms with Gasteiger partial charge in [-0.25, -0.2) is 0 Å². The van der Waals surface area contributed by atoms with E-state index in [4.69, 9.17) is 14.2 Å². The van der Waals surface area contributed by atoms with E-state index < -0.39 is 0 Å². The Balaban J connectivity index is 2.33. The molecule has 1 unspecified atom stereocenters. The van der Waals surface area contributed by atoms with Crippen molar-refractivity contribution < 1.29 is 14.2 Å². The monoisotopic (exact) mass is 188 g/mol. The molecule has 0 bridgehead atoms. The Kier molecular flexibility index (Phi) is 3.33. The van der Waals surface area contributed by atoms with E-state index in [2.05, 4.69) is 0 Å². The van der Waals surface area contributed by atoms with Crippen LogP contribution in [-0.4, -0.2) is 37.6 Å². The summed E-state index contributed by atoms with van der Waals surface area (Å²) in [6.07, 6.45) is 0. The van der Waals surface area contributed by atoms with E-state index in [1.165, 1.54) is 0 Å². The highest BCUT2D eigenvalue weighted by Crippen LogP contribution is 2.19. The van der Waals surface area contributed by atoms with Crippen LogP contribution in [0.25, 0.3) is 0 Å². The molecule has 13 heavy (non-hydrogen) atoms. The van der Waals surface area contributed by atoms with Gasteiger partial charge in [0.1, 0.15) is 5.60 Å². The van der Waals surface area contributed by atoms with Gasteiger partial charge in [-0.3, -0.25) is 0 Å². The maximum absolute atomic E-state index is 5.67. The summed E-state index contributed by atoms with van der Waals surface area (Å²) in [5, 5.41) is 0. The highest BCUT2D eigenvalue weighted by Gasteiger charge is 2.30. The molecular formula is C10H20O3. The minimum absolute atomic E-state index is 0.107. The van der Waals surface area contributed by atoms with Crippen LogP contribution in [0.2, 0.25) is 0 Å². The van der Waals surface area contributed by atoms with E-state index in [0.29, 0.717) is 26.4 Å². The quantitative estimate of drug-likeness (QED) is 0.659. The van der Waals surface area contributed by atoms with Crippen LogP contribution in [0.3, 0.4) is 0 Å². The Labute approximate surface area is 80.4 Å². The molecule has 78 valence electrons. The summed E-state index contributed by atoms with van der Waals surface area (Å²) in [4.78, 5) is 0.